The zero-order valence-corrected chi connectivity index (χ0v) is 9.31. The van der Waals surface area contributed by atoms with Crippen molar-refractivity contribution in [3.63, 3.8) is 0 Å². The van der Waals surface area contributed by atoms with Gasteiger partial charge in [0.05, 0.1) is 11.2 Å². The Kier molecular flexibility index (Phi) is 1.99. The lowest BCUT2D eigenvalue weighted by molar-refractivity contribution is 0.242. The molecule has 2 nitrogen and oxygen atoms in total. The first-order valence-electron chi connectivity index (χ1n) is 4.28. The molecule has 0 bridgehead atoms. The molecule has 3 heteroatoms. The third-order valence-corrected chi connectivity index (χ3v) is 2.69. The molecule has 1 aromatic rings. The van der Waals surface area contributed by atoms with Gasteiger partial charge in [0.2, 0.25) is 0 Å². The molecule has 0 saturated heterocycles. The van der Waals surface area contributed by atoms with Crippen molar-refractivity contribution in [2.45, 2.75) is 19.4 Å². The number of hydrogen-bond donors (Lipinski definition) is 1. The molecule has 70 valence electrons. The van der Waals surface area contributed by atoms with Crippen LogP contribution in [0.4, 0.5) is 5.69 Å². The Hall–Kier alpha value is -0.700. The monoisotopic (exact) mass is 241 g/mol. The van der Waals surface area contributed by atoms with Crippen LogP contribution < -0.4 is 10.1 Å². The van der Waals surface area contributed by atoms with Crippen molar-refractivity contribution < 1.29 is 4.74 Å². The summed E-state index contributed by atoms with van der Waals surface area (Å²) in [5, 5.41) is 3.43. The lowest BCUT2D eigenvalue weighted by Crippen LogP contribution is -2.41. The van der Waals surface area contributed by atoms with Crippen LogP contribution in [-0.2, 0) is 0 Å². The average molecular weight is 242 g/mol. The third-order valence-electron chi connectivity index (χ3n) is 2.03. The van der Waals surface area contributed by atoms with Crippen LogP contribution in [0.1, 0.15) is 13.8 Å². The molecule has 0 radical (unpaired) electrons. The number of anilines is 1. The third kappa shape index (κ3) is 1.66. The smallest absolute Gasteiger partial charge is 0.143 e. The zero-order chi connectivity index (χ0) is 9.47. The fraction of sp³-hybridized carbons (Fsp3) is 0.400. The van der Waals surface area contributed by atoms with Crippen molar-refractivity contribution >= 4 is 21.6 Å². The summed E-state index contributed by atoms with van der Waals surface area (Å²) in [6.45, 7) is 4.95. The maximum absolute atomic E-state index is 5.63. The number of rotatable bonds is 0. The van der Waals surface area contributed by atoms with Crippen LogP contribution in [0.15, 0.2) is 22.7 Å². The Morgan fingerprint density at radius 3 is 3.00 bits per heavy atom. The first-order valence-corrected chi connectivity index (χ1v) is 5.07. The van der Waals surface area contributed by atoms with Crippen molar-refractivity contribution in [3.05, 3.63) is 22.7 Å². The number of fused-ring (bicyclic) bond motifs is 1. The highest BCUT2D eigenvalue weighted by Crippen LogP contribution is 2.37. The highest BCUT2D eigenvalue weighted by molar-refractivity contribution is 9.10. The fourth-order valence-corrected chi connectivity index (χ4v) is 1.83. The predicted molar refractivity (Wildman–Crippen MR) is 57.3 cm³/mol. The van der Waals surface area contributed by atoms with Crippen molar-refractivity contribution in [1.29, 1.82) is 0 Å². The standard InChI is InChI=1S/C10H12BrNO/c1-10(2)6-13-8-5-3-4-7(11)9(8)12-10/h3-5,12H,6H2,1-2H3. The Labute approximate surface area is 86.4 Å². The van der Waals surface area contributed by atoms with E-state index in [9.17, 15) is 0 Å². The number of para-hydroxylation sites is 1. The van der Waals surface area contributed by atoms with Gasteiger partial charge in [-0.2, -0.15) is 0 Å². The molecular formula is C10H12BrNO. The first-order chi connectivity index (χ1) is 6.08. The van der Waals surface area contributed by atoms with Crippen LogP contribution in [0.5, 0.6) is 5.75 Å². The van der Waals surface area contributed by atoms with Crippen molar-refractivity contribution in [2.75, 3.05) is 11.9 Å². The van der Waals surface area contributed by atoms with Crippen LogP contribution in [0, 0.1) is 0 Å². The van der Waals surface area contributed by atoms with E-state index >= 15 is 0 Å². The summed E-state index contributed by atoms with van der Waals surface area (Å²) in [4.78, 5) is 0. The van der Waals surface area contributed by atoms with Crippen molar-refractivity contribution in [3.8, 4) is 5.75 Å². The highest BCUT2D eigenvalue weighted by atomic mass is 79.9. The van der Waals surface area contributed by atoms with Gasteiger partial charge in [-0.05, 0) is 41.9 Å². The van der Waals surface area contributed by atoms with Crippen LogP contribution in [0.25, 0.3) is 0 Å². The Morgan fingerprint density at radius 2 is 2.23 bits per heavy atom. The predicted octanol–water partition coefficient (Wildman–Crippen LogP) is 3.03. The van der Waals surface area contributed by atoms with Gasteiger partial charge in [-0.3, -0.25) is 0 Å². The number of nitrogens with one attached hydrogen (secondary N) is 1. The summed E-state index contributed by atoms with van der Waals surface area (Å²) in [6, 6.07) is 5.96. The SMILES string of the molecule is CC1(C)COc2cccc(Br)c2N1. The summed E-state index contributed by atoms with van der Waals surface area (Å²) in [7, 11) is 0. The lowest BCUT2D eigenvalue weighted by Gasteiger charge is -2.34. The van der Waals surface area contributed by atoms with E-state index in [2.05, 4.69) is 35.1 Å². The molecule has 13 heavy (non-hydrogen) atoms. The Bertz CT molecular complexity index is 336. The molecule has 0 amide bonds. The molecule has 0 aliphatic carbocycles. The van der Waals surface area contributed by atoms with E-state index in [0.717, 1.165) is 15.9 Å². The summed E-state index contributed by atoms with van der Waals surface area (Å²) < 4.78 is 6.68. The van der Waals surface area contributed by atoms with Gasteiger partial charge in [0.1, 0.15) is 12.4 Å². The second-order valence-electron chi connectivity index (χ2n) is 3.91. The summed E-state index contributed by atoms with van der Waals surface area (Å²) in [5.41, 5.74) is 1.07. The van der Waals surface area contributed by atoms with E-state index in [1.54, 1.807) is 0 Å². The van der Waals surface area contributed by atoms with Gasteiger partial charge in [-0.15, -0.1) is 0 Å². The average Bonchev–Trinajstić information content (AvgIpc) is 2.06. The molecule has 0 unspecified atom stereocenters. The van der Waals surface area contributed by atoms with E-state index in [4.69, 9.17) is 4.74 Å². The number of ether oxygens (including phenoxy) is 1. The number of halogens is 1. The summed E-state index contributed by atoms with van der Waals surface area (Å²) in [5.74, 6) is 0.925. The molecule has 0 fully saturated rings. The molecule has 1 aliphatic heterocycles. The molecule has 0 aromatic heterocycles. The van der Waals surface area contributed by atoms with Gasteiger partial charge in [-0.1, -0.05) is 6.07 Å². The van der Waals surface area contributed by atoms with Crippen LogP contribution in [-0.4, -0.2) is 12.1 Å². The van der Waals surface area contributed by atoms with Crippen LogP contribution in [0.2, 0.25) is 0 Å². The number of hydrogen-bond acceptors (Lipinski definition) is 2. The topological polar surface area (TPSA) is 21.3 Å². The molecule has 2 rings (SSSR count). The van der Waals surface area contributed by atoms with Crippen LogP contribution >= 0.6 is 15.9 Å². The number of benzene rings is 1. The van der Waals surface area contributed by atoms with E-state index < -0.39 is 0 Å². The Balaban J connectivity index is 2.44. The molecule has 1 aromatic carbocycles. The van der Waals surface area contributed by atoms with Gasteiger partial charge in [0.25, 0.3) is 0 Å². The van der Waals surface area contributed by atoms with Crippen LogP contribution in [0.3, 0.4) is 0 Å². The van der Waals surface area contributed by atoms with E-state index in [1.165, 1.54) is 0 Å². The normalized spacial score (nSPS) is 18.4. The zero-order valence-electron chi connectivity index (χ0n) is 7.73. The lowest BCUT2D eigenvalue weighted by atomic mass is 10.0. The molecule has 1 heterocycles. The second-order valence-corrected chi connectivity index (χ2v) is 4.76. The quantitative estimate of drug-likeness (QED) is 0.754. The molecule has 1 aliphatic rings. The highest BCUT2D eigenvalue weighted by Gasteiger charge is 2.26. The van der Waals surface area contributed by atoms with Crippen molar-refractivity contribution in [2.24, 2.45) is 0 Å². The summed E-state index contributed by atoms with van der Waals surface area (Å²) >= 11 is 3.49. The van der Waals surface area contributed by atoms with E-state index in [1.807, 2.05) is 18.2 Å². The van der Waals surface area contributed by atoms with Gasteiger partial charge >= 0.3 is 0 Å². The molecular weight excluding hydrogens is 230 g/mol. The van der Waals surface area contributed by atoms with Gasteiger partial charge in [-0.25, -0.2) is 0 Å². The van der Waals surface area contributed by atoms with Crippen molar-refractivity contribution in [1.82, 2.24) is 0 Å². The summed E-state index contributed by atoms with van der Waals surface area (Å²) in [6.07, 6.45) is 0. The molecule has 0 atom stereocenters. The first kappa shape index (κ1) is 8.88. The minimum Gasteiger partial charge on any atom is -0.489 e. The van der Waals surface area contributed by atoms with Gasteiger partial charge in [0, 0.05) is 4.47 Å². The van der Waals surface area contributed by atoms with Gasteiger partial charge in [0.15, 0.2) is 0 Å². The van der Waals surface area contributed by atoms with Gasteiger partial charge < -0.3 is 10.1 Å². The maximum atomic E-state index is 5.63. The molecule has 0 spiro atoms. The largest absolute Gasteiger partial charge is 0.489 e. The Morgan fingerprint density at radius 1 is 1.46 bits per heavy atom. The fourth-order valence-electron chi connectivity index (χ4n) is 1.38. The molecule has 1 N–H and O–H groups in total. The second kappa shape index (κ2) is 2.91. The minimum atomic E-state index is 0.0108. The minimum absolute atomic E-state index is 0.0108. The molecule has 0 saturated carbocycles. The van der Waals surface area contributed by atoms with E-state index in [-0.39, 0.29) is 5.54 Å². The maximum Gasteiger partial charge on any atom is 0.143 e. The van der Waals surface area contributed by atoms with E-state index in [0.29, 0.717) is 6.61 Å².